The van der Waals surface area contributed by atoms with Crippen molar-refractivity contribution in [1.82, 2.24) is 0 Å². The van der Waals surface area contributed by atoms with Crippen molar-refractivity contribution in [3.8, 4) is 0 Å². The average Bonchev–Trinajstić information content (AvgIpc) is 2.26. The summed E-state index contributed by atoms with van der Waals surface area (Å²) in [6.07, 6.45) is 3.56. The molecule has 2 N–H and O–H groups in total. The maximum absolute atomic E-state index is 11.9. The topological polar surface area (TPSA) is 70.8 Å². The molecule has 1 heterocycles. The van der Waals surface area contributed by atoms with Crippen molar-refractivity contribution in [1.29, 1.82) is 0 Å². The Hall–Kier alpha value is -0.585. The Labute approximate surface area is 122 Å². The molecule has 1 rings (SSSR count). The second-order valence-corrected chi connectivity index (χ2v) is 6.34. The highest BCUT2D eigenvalue weighted by Crippen LogP contribution is 2.24. The van der Waals surface area contributed by atoms with Crippen LogP contribution in [0.25, 0.3) is 0 Å². The molecule has 0 radical (unpaired) electrons. The van der Waals surface area contributed by atoms with Crippen molar-refractivity contribution in [2.45, 2.75) is 77.5 Å². The molecule has 20 heavy (non-hydrogen) atoms. The lowest BCUT2D eigenvalue weighted by Gasteiger charge is -2.34. The van der Waals surface area contributed by atoms with E-state index in [-0.39, 0.29) is 31.7 Å². The van der Waals surface area contributed by atoms with Crippen molar-refractivity contribution in [2.75, 3.05) is 6.54 Å². The smallest absolute Gasteiger partial charge is 0.457 e. The van der Waals surface area contributed by atoms with E-state index < -0.39 is 5.60 Å². The first-order valence-electron chi connectivity index (χ1n) is 7.57. The van der Waals surface area contributed by atoms with Gasteiger partial charge in [0.05, 0.1) is 12.5 Å². The first kappa shape index (κ1) is 17.5. The molecule has 0 aromatic carbocycles. The zero-order valence-electron chi connectivity index (χ0n) is 13.2. The van der Waals surface area contributed by atoms with Crippen LogP contribution in [0.3, 0.4) is 0 Å². The Kier molecular flexibility index (Phi) is 6.99. The molecule has 0 amide bonds. The summed E-state index contributed by atoms with van der Waals surface area (Å²) in [4.78, 5) is 11.9. The van der Waals surface area contributed by atoms with Crippen LogP contribution in [0.4, 0.5) is 0 Å². The number of ether oxygens (including phenoxy) is 1. The molecule has 2 atom stereocenters. The van der Waals surface area contributed by atoms with E-state index >= 15 is 0 Å². The van der Waals surface area contributed by atoms with Gasteiger partial charge in [0.2, 0.25) is 0 Å². The van der Waals surface area contributed by atoms with Crippen LogP contribution in [0.15, 0.2) is 0 Å². The summed E-state index contributed by atoms with van der Waals surface area (Å²) < 4.78 is 17.0. The van der Waals surface area contributed by atoms with Crippen molar-refractivity contribution in [3.63, 3.8) is 0 Å². The van der Waals surface area contributed by atoms with E-state index in [0.717, 1.165) is 19.2 Å². The predicted octanol–water partition coefficient (Wildman–Crippen LogP) is 2.14. The largest absolute Gasteiger partial charge is 0.460 e. The van der Waals surface area contributed by atoms with E-state index in [9.17, 15) is 4.79 Å². The number of carbonyl (C=O) groups is 1. The van der Waals surface area contributed by atoms with Crippen LogP contribution < -0.4 is 5.73 Å². The fraction of sp³-hybridized carbons (Fsp3) is 0.929. The standard InChI is InChI=1S/C14H28BNO4/c1-5-7-15-19-11(6-8-16)9-12(20-15)10-13(17)18-14(2,3)4/h11-12H,5-10,16H2,1-4H3. The van der Waals surface area contributed by atoms with Crippen LogP contribution in [0.2, 0.25) is 6.32 Å². The Bertz CT molecular complexity index is 292. The van der Waals surface area contributed by atoms with Gasteiger partial charge >= 0.3 is 13.1 Å². The summed E-state index contributed by atoms with van der Waals surface area (Å²) in [7, 11) is -0.224. The van der Waals surface area contributed by atoms with Gasteiger partial charge in [-0.05, 0) is 46.5 Å². The van der Waals surface area contributed by atoms with Gasteiger partial charge in [0, 0.05) is 6.10 Å². The molecule has 1 aliphatic heterocycles. The van der Waals surface area contributed by atoms with Crippen molar-refractivity contribution >= 4 is 13.1 Å². The third kappa shape index (κ3) is 6.73. The normalized spacial score (nSPS) is 23.8. The molecule has 6 heteroatoms. The molecule has 1 fully saturated rings. The Morgan fingerprint density at radius 2 is 2.00 bits per heavy atom. The van der Waals surface area contributed by atoms with Gasteiger partial charge in [-0.25, -0.2) is 0 Å². The van der Waals surface area contributed by atoms with Gasteiger partial charge in [0.15, 0.2) is 0 Å². The second kappa shape index (κ2) is 8.00. The van der Waals surface area contributed by atoms with Crippen LogP contribution in [0, 0.1) is 0 Å². The quantitative estimate of drug-likeness (QED) is 0.598. The number of esters is 1. The number of rotatable bonds is 6. The van der Waals surface area contributed by atoms with Gasteiger partial charge in [-0.2, -0.15) is 0 Å². The van der Waals surface area contributed by atoms with E-state index in [1.165, 1.54) is 0 Å². The maximum Gasteiger partial charge on any atom is 0.457 e. The van der Waals surface area contributed by atoms with E-state index in [2.05, 4.69) is 6.92 Å². The maximum atomic E-state index is 11.9. The third-order valence-electron chi connectivity index (χ3n) is 3.04. The summed E-state index contributed by atoms with van der Waals surface area (Å²) in [5.74, 6) is -0.217. The summed E-state index contributed by atoms with van der Waals surface area (Å²) in [6, 6.07) is 0. The molecule has 0 bridgehead atoms. The minimum absolute atomic E-state index is 0.0812. The lowest BCUT2D eigenvalue weighted by atomic mass is 9.79. The SMILES string of the molecule is CCCB1OC(CCN)CC(CC(=O)OC(C)(C)C)O1. The van der Waals surface area contributed by atoms with Gasteiger partial charge in [-0.3, -0.25) is 4.79 Å². The van der Waals surface area contributed by atoms with Gasteiger partial charge in [0.1, 0.15) is 5.60 Å². The molecule has 0 saturated carbocycles. The van der Waals surface area contributed by atoms with Crippen LogP contribution >= 0.6 is 0 Å². The first-order chi connectivity index (χ1) is 9.34. The average molecular weight is 285 g/mol. The molecule has 2 unspecified atom stereocenters. The molecule has 1 saturated heterocycles. The monoisotopic (exact) mass is 285 g/mol. The zero-order valence-corrected chi connectivity index (χ0v) is 13.2. The molecule has 0 aliphatic carbocycles. The Morgan fingerprint density at radius 1 is 1.35 bits per heavy atom. The van der Waals surface area contributed by atoms with Gasteiger partial charge < -0.3 is 19.8 Å². The van der Waals surface area contributed by atoms with Crippen LogP contribution in [0.5, 0.6) is 0 Å². The summed E-state index contributed by atoms with van der Waals surface area (Å²) in [5.41, 5.74) is 5.14. The van der Waals surface area contributed by atoms with Crippen LogP contribution in [0.1, 0.15) is 53.4 Å². The minimum Gasteiger partial charge on any atom is -0.460 e. The minimum atomic E-state index is -0.457. The molecular formula is C14H28BNO4. The van der Waals surface area contributed by atoms with Gasteiger partial charge in [-0.15, -0.1) is 0 Å². The summed E-state index contributed by atoms with van der Waals surface area (Å²) in [6.45, 7) is 8.28. The number of hydrogen-bond donors (Lipinski definition) is 1. The number of nitrogens with two attached hydrogens (primary N) is 1. The number of carbonyl (C=O) groups excluding carboxylic acids is 1. The Morgan fingerprint density at radius 3 is 2.55 bits per heavy atom. The van der Waals surface area contributed by atoms with Gasteiger partial charge in [0.25, 0.3) is 0 Å². The van der Waals surface area contributed by atoms with Crippen molar-refractivity contribution < 1.29 is 18.8 Å². The molecule has 0 spiro atoms. The molecule has 0 aromatic heterocycles. The van der Waals surface area contributed by atoms with Crippen LogP contribution in [-0.4, -0.2) is 37.4 Å². The summed E-state index contributed by atoms with van der Waals surface area (Å²) in [5, 5.41) is 0. The van der Waals surface area contributed by atoms with Crippen LogP contribution in [-0.2, 0) is 18.8 Å². The highest BCUT2D eigenvalue weighted by molar-refractivity contribution is 6.44. The fourth-order valence-corrected chi connectivity index (χ4v) is 2.31. The van der Waals surface area contributed by atoms with Crippen molar-refractivity contribution in [3.05, 3.63) is 0 Å². The predicted molar refractivity (Wildman–Crippen MR) is 79.3 cm³/mol. The molecular weight excluding hydrogens is 257 g/mol. The van der Waals surface area contributed by atoms with E-state index in [1.807, 2.05) is 20.8 Å². The Balaban J connectivity index is 2.51. The van der Waals surface area contributed by atoms with E-state index in [1.54, 1.807) is 0 Å². The second-order valence-electron chi connectivity index (χ2n) is 6.34. The molecule has 0 aromatic rings. The fourth-order valence-electron chi connectivity index (χ4n) is 2.31. The first-order valence-corrected chi connectivity index (χ1v) is 7.57. The zero-order chi connectivity index (χ0) is 15.2. The number of hydrogen-bond acceptors (Lipinski definition) is 5. The van der Waals surface area contributed by atoms with E-state index in [0.29, 0.717) is 13.0 Å². The van der Waals surface area contributed by atoms with Gasteiger partial charge in [-0.1, -0.05) is 13.3 Å². The molecule has 116 valence electrons. The lowest BCUT2D eigenvalue weighted by Crippen LogP contribution is -2.43. The lowest BCUT2D eigenvalue weighted by molar-refractivity contribution is -0.157. The molecule has 1 aliphatic rings. The highest BCUT2D eigenvalue weighted by Gasteiger charge is 2.34. The van der Waals surface area contributed by atoms with E-state index in [4.69, 9.17) is 19.8 Å². The van der Waals surface area contributed by atoms with Crippen molar-refractivity contribution in [2.24, 2.45) is 5.73 Å². The third-order valence-corrected chi connectivity index (χ3v) is 3.04. The highest BCUT2D eigenvalue weighted by atomic mass is 16.6. The molecule has 5 nitrogen and oxygen atoms in total. The summed E-state index contributed by atoms with van der Waals surface area (Å²) >= 11 is 0.